The van der Waals surface area contributed by atoms with Crippen LogP contribution in [0.2, 0.25) is 0 Å². The highest BCUT2D eigenvalue weighted by molar-refractivity contribution is 6.11. The Morgan fingerprint density at radius 3 is 1.54 bits per heavy atom. The molecule has 0 radical (unpaired) electrons. The summed E-state index contributed by atoms with van der Waals surface area (Å²) in [4.78, 5) is 51.6. The van der Waals surface area contributed by atoms with E-state index in [4.69, 9.17) is 9.47 Å². The van der Waals surface area contributed by atoms with Crippen LogP contribution in [0.15, 0.2) is 0 Å². The summed E-state index contributed by atoms with van der Waals surface area (Å²) >= 11 is 0. The summed E-state index contributed by atoms with van der Waals surface area (Å²) in [5.41, 5.74) is -4.96. The molecule has 2 rings (SSSR count). The highest BCUT2D eigenvalue weighted by Gasteiger charge is 2.74. The Hall–Kier alpha value is -3.14. The van der Waals surface area contributed by atoms with Crippen molar-refractivity contribution in [1.29, 1.82) is 10.5 Å². The molecular formula is C16H18N4O6. The molecule has 0 saturated carbocycles. The van der Waals surface area contributed by atoms with Gasteiger partial charge in [0.1, 0.15) is 12.1 Å². The van der Waals surface area contributed by atoms with E-state index in [0.717, 1.165) is 9.80 Å². The predicted molar refractivity (Wildman–Crippen MR) is 83.4 cm³/mol. The van der Waals surface area contributed by atoms with Gasteiger partial charge in [0.05, 0.1) is 13.2 Å². The molecular weight excluding hydrogens is 344 g/mol. The normalized spacial score (nSPS) is 27.8. The van der Waals surface area contributed by atoms with E-state index in [-0.39, 0.29) is 39.1 Å². The molecule has 0 bridgehead atoms. The number of hydrogen-bond donors (Lipinski definition) is 0. The number of likely N-dealkylation sites (tertiary alicyclic amines) is 2. The van der Waals surface area contributed by atoms with Crippen LogP contribution in [0.5, 0.6) is 0 Å². The molecule has 0 aliphatic carbocycles. The first-order chi connectivity index (χ1) is 12.4. The number of carbonyl (C=O) groups excluding carboxylic acids is 4. The maximum absolute atomic E-state index is 12.7. The lowest BCUT2D eigenvalue weighted by molar-refractivity contribution is -0.135. The fourth-order valence-corrected chi connectivity index (χ4v) is 3.49. The van der Waals surface area contributed by atoms with Crippen molar-refractivity contribution in [2.24, 2.45) is 0 Å². The Balaban J connectivity index is 2.69. The van der Waals surface area contributed by atoms with Gasteiger partial charge in [0.15, 0.2) is 11.6 Å². The molecule has 26 heavy (non-hydrogen) atoms. The Morgan fingerprint density at radius 2 is 1.27 bits per heavy atom. The number of nitriles is 2. The van der Waals surface area contributed by atoms with Crippen LogP contribution < -0.4 is 0 Å². The van der Waals surface area contributed by atoms with Crippen molar-refractivity contribution in [3.8, 4) is 12.1 Å². The van der Waals surface area contributed by atoms with Crippen molar-refractivity contribution in [1.82, 2.24) is 9.80 Å². The summed E-state index contributed by atoms with van der Waals surface area (Å²) < 4.78 is 9.77. The van der Waals surface area contributed by atoms with Gasteiger partial charge < -0.3 is 9.47 Å². The third kappa shape index (κ3) is 2.30. The number of nitrogens with zero attached hydrogens (tertiary/aromatic N) is 4. The quantitative estimate of drug-likeness (QED) is 0.701. The van der Waals surface area contributed by atoms with E-state index in [9.17, 15) is 29.7 Å². The van der Waals surface area contributed by atoms with Gasteiger partial charge in [-0.25, -0.2) is 9.59 Å². The van der Waals surface area contributed by atoms with Crippen LogP contribution in [-0.4, -0.2) is 70.9 Å². The zero-order valence-electron chi connectivity index (χ0n) is 14.5. The van der Waals surface area contributed by atoms with Crippen LogP contribution in [0.25, 0.3) is 0 Å². The topological polar surface area (TPSA) is 141 Å². The largest absolute Gasteiger partial charge is 0.450 e. The van der Waals surface area contributed by atoms with Crippen molar-refractivity contribution in [3.05, 3.63) is 0 Å². The van der Waals surface area contributed by atoms with E-state index in [2.05, 4.69) is 0 Å². The smallest absolute Gasteiger partial charge is 0.411 e. The van der Waals surface area contributed by atoms with Gasteiger partial charge in [-0.3, -0.25) is 19.4 Å². The fourth-order valence-electron chi connectivity index (χ4n) is 3.49. The second-order valence-corrected chi connectivity index (χ2v) is 5.69. The van der Waals surface area contributed by atoms with Gasteiger partial charge in [-0.15, -0.1) is 0 Å². The first-order valence-electron chi connectivity index (χ1n) is 8.15. The van der Waals surface area contributed by atoms with Gasteiger partial charge in [-0.05, 0) is 13.8 Å². The van der Waals surface area contributed by atoms with E-state index < -0.39 is 34.8 Å². The maximum Gasteiger partial charge on any atom is 0.411 e. The lowest BCUT2D eigenvalue weighted by atomic mass is 9.73. The second kappa shape index (κ2) is 7.00. The van der Waals surface area contributed by atoms with Crippen LogP contribution in [0, 0.1) is 22.7 Å². The van der Waals surface area contributed by atoms with E-state index >= 15 is 0 Å². The van der Waals surface area contributed by atoms with Gasteiger partial charge in [-0.1, -0.05) is 0 Å². The molecule has 10 heteroatoms. The molecule has 2 saturated heterocycles. The summed E-state index contributed by atoms with van der Waals surface area (Å²) in [6, 6.07) is 3.38. The Labute approximate surface area is 149 Å². The molecule has 0 aromatic heterocycles. The average Bonchev–Trinajstić information content (AvgIpc) is 3.13. The number of carbonyl (C=O) groups is 4. The first-order valence-corrected chi connectivity index (χ1v) is 8.15. The van der Waals surface area contributed by atoms with Gasteiger partial charge in [-0.2, -0.15) is 10.5 Å². The van der Waals surface area contributed by atoms with Crippen LogP contribution in [0.3, 0.4) is 0 Å². The Bertz CT molecular complexity index is 676. The third-order valence-electron chi connectivity index (χ3n) is 4.57. The molecule has 2 unspecified atom stereocenters. The summed E-state index contributed by atoms with van der Waals surface area (Å²) in [6.07, 6.45) is -2.48. The molecule has 138 valence electrons. The van der Waals surface area contributed by atoms with Gasteiger partial charge in [0.25, 0.3) is 0 Å². The van der Waals surface area contributed by atoms with Gasteiger partial charge in [0.2, 0.25) is 11.1 Å². The van der Waals surface area contributed by atoms with Gasteiger partial charge >= 0.3 is 12.2 Å². The number of ether oxygens (including phenoxy) is 2. The molecule has 2 heterocycles. The molecule has 0 aromatic rings. The number of ketones is 2. The van der Waals surface area contributed by atoms with Gasteiger partial charge in [0, 0.05) is 25.9 Å². The van der Waals surface area contributed by atoms with Crippen molar-refractivity contribution in [2.45, 2.75) is 37.8 Å². The number of Topliss-reactive ketones (excluding diaryl/α,β-unsaturated/α-hetero) is 2. The number of amides is 2. The van der Waals surface area contributed by atoms with E-state index in [1.54, 1.807) is 12.1 Å². The van der Waals surface area contributed by atoms with E-state index in [1.165, 1.54) is 13.8 Å². The number of hydrogen-bond acceptors (Lipinski definition) is 8. The molecule has 2 amide bonds. The zero-order valence-corrected chi connectivity index (χ0v) is 14.5. The standard InChI is InChI=1S/C16H18N4O6/c1-3-25-13(23)19-7-5-11(21)15(19,9-17)16(10-18)12(22)6-8-20(16)14(24)26-4-2/h3-8H2,1-2H3. The summed E-state index contributed by atoms with van der Waals surface area (Å²) in [6.45, 7) is 2.63. The molecule has 10 nitrogen and oxygen atoms in total. The molecule has 0 N–H and O–H groups in total. The van der Waals surface area contributed by atoms with Crippen LogP contribution in [0.4, 0.5) is 9.59 Å². The molecule has 2 aliphatic rings. The van der Waals surface area contributed by atoms with Crippen LogP contribution in [0.1, 0.15) is 26.7 Å². The monoisotopic (exact) mass is 362 g/mol. The first kappa shape index (κ1) is 19.2. The zero-order chi connectivity index (χ0) is 19.5. The fraction of sp³-hybridized carbons (Fsp3) is 0.625. The Morgan fingerprint density at radius 1 is 0.923 bits per heavy atom. The molecule has 2 fully saturated rings. The lowest BCUT2D eigenvalue weighted by Crippen LogP contribution is -2.73. The van der Waals surface area contributed by atoms with Crippen molar-refractivity contribution in [2.75, 3.05) is 26.3 Å². The van der Waals surface area contributed by atoms with Crippen molar-refractivity contribution >= 4 is 23.8 Å². The maximum atomic E-state index is 12.7. The lowest BCUT2D eigenvalue weighted by Gasteiger charge is -2.43. The second-order valence-electron chi connectivity index (χ2n) is 5.69. The molecule has 2 atom stereocenters. The SMILES string of the molecule is CCOC(=O)N1CCC(=O)C1(C#N)C1(C#N)C(=O)CCN1C(=O)OCC. The summed E-state index contributed by atoms with van der Waals surface area (Å²) in [5, 5.41) is 19.8. The minimum Gasteiger partial charge on any atom is -0.450 e. The predicted octanol–water partition coefficient (Wildman–Crippen LogP) is 0.374. The minimum absolute atomic E-state index is 0.0277. The van der Waals surface area contributed by atoms with Crippen LogP contribution >= 0.6 is 0 Å². The average molecular weight is 362 g/mol. The van der Waals surface area contributed by atoms with E-state index in [0.29, 0.717) is 0 Å². The molecule has 0 spiro atoms. The summed E-state index contributed by atoms with van der Waals surface area (Å²) in [5.74, 6) is -1.58. The molecule has 2 aliphatic heterocycles. The van der Waals surface area contributed by atoms with Crippen molar-refractivity contribution < 1.29 is 28.7 Å². The molecule has 0 aromatic carbocycles. The summed E-state index contributed by atoms with van der Waals surface area (Å²) in [7, 11) is 0. The van der Waals surface area contributed by atoms with E-state index in [1.807, 2.05) is 0 Å². The van der Waals surface area contributed by atoms with Crippen molar-refractivity contribution in [3.63, 3.8) is 0 Å². The Kier molecular flexibility index (Phi) is 5.17. The highest BCUT2D eigenvalue weighted by atomic mass is 16.6. The van der Waals surface area contributed by atoms with Crippen LogP contribution in [-0.2, 0) is 19.1 Å². The minimum atomic E-state index is -2.48. The highest BCUT2D eigenvalue weighted by Crippen LogP contribution is 2.44. The third-order valence-corrected chi connectivity index (χ3v) is 4.57. The number of rotatable bonds is 3.